The topological polar surface area (TPSA) is 103 Å². The maximum atomic E-state index is 13.5. The number of halogens is 2. The number of non-ortho nitro benzene ring substituents is 1. The van der Waals surface area contributed by atoms with Gasteiger partial charge in [-0.25, -0.2) is 4.39 Å². The molecule has 1 atom stereocenters. The minimum Gasteiger partial charge on any atom is -0.342 e. The van der Waals surface area contributed by atoms with E-state index in [-0.39, 0.29) is 22.1 Å². The Labute approximate surface area is 250 Å². The van der Waals surface area contributed by atoms with Crippen molar-refractivity contribution >= 4 is 35.0 Å². The van der Waals surface area contributed by atoms with E-state index in [9.17, 15) is 19.3 Å². The summed E-state index contributed by atoms with van der Waals surface area (Å²) < 4.78 is 15.3. The Morgan fingerprint density at radius 2 is 1.71 bits per heavy atom. The van der Waals surface area contributed by atoms with Gasteiger partial charge in [0.25, 0.3) is 11.6 Å². The molecule has 0 fully saturated rings. The molecule has 0 saturated carbocycles. The number of nitro benzene ring substituents is 1. The van der Waals surface area contributed by atoms with E-state index in [1.54, 1.807) is 12.1 Å². The third-order valence-corrected chi connectivity index (χ3v) is 7.85. The van der Waals surface area contributed by atoms with Gasteiger partial charge in [0.1, 0.15) is 5.82 Å². The van der Waals surface area contributed by atoms with Crippen LogP contribution in [-0.2, 0) is 12.2 Å². The lowest BCUT2D eigenvalue weighted by molar-refractivity contribution is -0.384. The van der Waals surface area contributed by atoms with E-state index in [1.165, 1.54) is 36.0 Å². The number of aryl methyl sites for hydroxylation is 1. The second kappa shape index (κ2) is 13.0. The number of nitrogens with zero attached hydrogens (tertiary/aromatic N) is 4. The number of hydrogen-bond donors (Lipinski definition) is 1. The van der Waals surface area contributed by atoms with Gasteiger partial charge in [-0.1, -0.05) is 83.5 Å². The van der Waals surface area contributed by atoms with Gasteiger partial charge in [-0.15, -0.1) is 10.2 Å². The van der Waals surface area contributed by atoms with Gasteiger partial charge in [-0.3, -0.25) is 19.5 Å². The van der Waals surface area contributed by atoms with Gasteiger partial charge in [0.15, 0.2) is 11.0 Å². The molecule has 1 amide bonds. The molecule has 8 nitrogen and oxygen atoms in total. The number of carbonyl (C=O) groups is 1. The number of nitro groups is 1. The summed E-state index contributed by atoms with van der Waals surface area (Å²) in [5.41, 5.74) is 3.66. The van der Waals surface area contributed by atoms with Crippen LogP contribution in [0.15, 0.2) is 102 Å². The van der Waals surface area contributed by atoms with Gasteiger partial charge < -0.3 is 5.32 Å². The maximum absolute atomic E-state index is 13.5. The van der Waals surface area contributed by atoms with Crippen molar-refractivity contribution in [1.29, 1.82) is 0 Å². The standard InChI is InChI=1S/C31H25ClFN5O3S/c1-20-7-13-24(14-8-20)37-29(35-36-31(37)42-19-22-9-11-23(33)12-10-22)28(17-21-5-3-2-4-6-21)34-30(39)26-16-15-25(38(40)41)18-27(26)32/h2-16,18,28H,17,19H2,1H3,(H,34,39). The zero-order valence-electron chi connectivity index (χ0n) is 22.4. The molecule has 5 rings (SSSR count). The molecule has 11 heteroatoms. The highest BCUT2D eigenvalue weighted by Crippen LogP contribution is 2.30. The molecule has 1 N–H and O–H groups in total. The van der Waals surface area contributed by atoms with Gasteiger partial charge >= 0.3 is 0 Å². The van der Waals surface area contributed by atoms with Crippen molar-refractivity contribution in [2.75, 3.05) is 0 Å². The fraction of sp³-hybridized carbons (Fsp3) is 0.129. The first-order chi connectivity index (χ1) is 20.3. The van der Waals surface area contributed by atoms with Crippen LogP contribution in [0.25, 0.3) is 5.69 Å². The lowest BCUT2D eigenvalue weighted by Crippen LogP contribution is -2.32. The van der Waals surface area contributed by atoms with Crippen LogP contribution in [0.5, 0.6) is 0 Å². The largest absolute Gasteiger partial charge is 0.342 e. The first kappa shape index (κ1) is 29.0. The van der Waals surface area contributed by atoms with Crippen molar-refractivity contribution in [1.82, 2.24) is 20.1 Å². The molecule has 0 aliphatic carbocycles. The van der Waals surface area contributed by atoms with Crippen LogP contribution in [0, 0.1) is 22.9 Å². The normalized spacial score (nSPS) is 11.7. The van der Waals surface area contributed by atoms with Crippen molar-refractivity contribution in [2.45, 2.75) is 30.3 Å². The number of benzene rings is 4. The van der Waals surface area contributed by atoms with E-state index < -0.39 is 16.9 Å². The molecule has 0 aliphatic heterocycles. The fourth-order valence-electron chi connectivity index (χ4n) is 4.36. The predicted molar refractivity (Wildman–Crippen MR) is 161 cm³/mol. The average molecular weight is 602 g/mol. The van der Waals surface area contributed by atoms with Gasteiger partial charge in [0.2, 0.25) is 0 Å². The zero-order valence-corrected chi connectivity index (χ0v) is 24.0. The third kappa shape index (κ3) is 6.84. The molecular weight excluding hydrogens is 577 g/mol. The summed E-state index contributed by atoms with van der Waals surface area (Å²) in [4.78, 5) is 24.1. The summed E-state index contributed by atoms with van der Waals surface area (Å²) in [6, 6.07) is 26.9. The Morgan fingerprint density at radius 1 is 1.00 bits per heavy atom. The van der Waals surface area contributed by atoms with E-state index in [0.29, 0.717) is 23.2 Å². The Morgan fingerprint density at radius 3 is 2.38 bits per heavy atom. The molecule has 5 aromatic rings. The number of hydrogen-bond acceptors (Lipinski definition) is 6. The molecule has 42 heavy (non-hydrogen) atoms. The van der Waals surface area contributed by atoms with Crippen LogP contribution in [0.4, 0.5) is 10.1 Å². The number of nitrogens with one attached hydrogen (secondary N) is 1. The Hall–Kier alpha value is -4.54. The first-order valence-corrected chi connectivity index (χ1v) is 14.3. The molecular formula is C31H25ClFN5O3S. The molecule has 4 aromatic carbocycles. The summed E-state index contributed by atoms with van der Waals surface area (Å²) in [6.07, 6.45) is 0.393. The number of carbonyl (C=O) groups excluding carboxylic acids is 1. The fourth-order valence-corrected chi connectivity index (χ4v) is 5.54. The summed E-state index contributed by atoms with van der Waals surface area (Å²) in [7, 11) is 0. The van der Waals surface area contributed by atoms with Crippen LogP contribution in [-0.4, -0.2) is 25.6 Å². The summed E-state index contributed by atoms with van der Waals surface area (Å²) in [5, 5.41) is 23.8. The Kier molecular flexibility index (Phi) is 8.94. The zero-order chi connectivity index (χ0) is 29.6. The Bertz CT molecular complexity index is 1710. The number of thioether (sulfide) groups is 1. The van der Waals surface area contributed by atoms with Crippen molar-refractivity contribution in [3.63, 3.8) is 0 Å². The summed E-state index contributed by atoms with van der Waals surface area (Å²) >= 11 is 7.73. The summed E-state index contributed by atoms with van der Waals surface area (Å²) in [6.45, 7) is 1.99. The van der Waals surface area contributed by atoms with Crippen LogP contribution in [0.2, 0.25) is 5.02 Å². The second-order valence-electron chi connectivity index (χ2n) is 9.56. The molecule has 1 aromatic heterocycles. The molecule has 0 aliphatic rings. The minimum atomic E-state index is -0.639. The third-order valence-electron chi connectivity index (χ3n) is 6.54. The SMILES string of the molecule is Cc1ccc(-n2c(SCc3ccc(F)cc3)nnc2C(Cc2ccccc2)NC(=O)c2ccc([N+](=O)[O-])cc2Cl)cc1. The highest BCUT2D eigenvalue weighted by molar-refractivity contribution is 7.98. The molecule has 212 valence electrons. The smallest absolute Gasteiger partial charge is 0.270 e. The van der Waals surface area contributed by atoms with E-state index >= 15 is 0 Å². The van der Waals surface area contributed by atoms with E-state index in [0.717, 1.165) is 28.4 Å². The minimum absolute atomic E-state index is 0.0318. The number of amides is 1. The molecule has 1 unspecified atom stereocenters. The van der Waals surface area contributed by atoms with Crippen molar-refractivity contribution in [3.05, 3.63) is 146 Å². The van der Waals surface area contributed by atoms with Crippen LogP contribution in [0.3, 0.4) is 0 Å². The van der Waals surface area contributed by atoms with Crippen LogP contribution in [0.1, 0.15) is 38.9 Å². The molecule has 0 radical (unpaired) electrons. The predicted octanol–water partition coefficient (Wildman–Crippen LogP) is 7.28. The number of aromatic nitrogens is 3. The lowest BCUT2D eigenvalue weighted by Gasteiger charge is -2.21. The molecule has 1 heterocycles. The monoisotopic (exact) mass is 601 g/mol. The second-order valence-corrected chi connectivity index (χ2v) is 10.9. The van der Waals surface area contributed by atoms with E-state index in [1.807, 2.05) is 66.1 Å². The van der Waals surface area contributed by atoms with Gasteiger partial charge in [0.05, 0.1) is 21.6 Å². The first-order valence-electron chi connectivity index (χ1n) is 13.0. The highest BCUT2D eigenvalue weighted by Gasteiger charge is 2.26. The van der Waals surface area contributed by atoms with Gasteiger partial charge in [0, 0.05) is 23.6 Å². The summed E-state index contributed by atoms with van der Waals surface area (Å²) in [5.74, 6) is 0.213. The van der Waals surface area contributed by atoms with Gasteiger partial charge in [-0.05, 0) is 54.8 Å². The number of rotatable bonds is 10. The van der Waals surface area contributed by atoms with Gasteiger partial charge in [-0.2, -0.15) is 0 Å². The lowest BCUT2D eigenvalue weighted by atomic mass is 10.0. The van der Waals surface area contributed by atoms with Crippen molar-refractivity contribution < 1.29 is 14.1 Å². The quantitative estimate of drug-likeness (QED) is 0.102. The van der Waals surface area contributed by atoms with Crippen LogP contribution >= 0.6 is 23.4 Å². The van der Waals surface area contributed by atoms with Crippen LogP contribution < -0.4 is 5.32 Å². The molecule has 0 saturated heterocycles. The molecule has 0 bridgehead atoms. The average Bonchev–Trinajstić information content (AvgIpc) is 3.41. The maximum Gasteiger partial charge on any atom is 0.270 e. The van der Waals surface area contributed by atoms with E-state index in [2.05, 4.69) is 15.5 Å². The van der Waals surface area contributed by atoms with Crippen molar-refractivity contribution in [2.24, 2.45) is 0 Å². The highest BCUT2D eigenvalue weighted by atomic mass is 35.5. The van der Waals surface area contributed by atoms with E-state index in [4.69, 9.17) is 11.6 Å². The Balaban J connectivity index is 1.53. The molecule has 0 spiro atoms. The van der Waals surface area contributed by atoms with Crippen molar-refractivity contribution in [3.8, 4) is 5.69 Å².